The summed E-state index contributed by atoms with van der Waals surface area (Å²) in [5, 5.41) is 22.0. The Morgan fingerprint density at radius 3 is 2.38 bits per heavy atom. The van der Waals surface area contributed by atoms with Gasteiger partial charge in [-0.3, -0.25) is 0 Å². The second-order valence-electron chi connectivity index (χ2n) is 5.67. The molecule has 1 aromatic carbocycles. The van der Waals surface area contributed by atoms with Gasteiger partial charge in [-0.05, 0) is 25.0 Å². The molecular weight excluding hydrogens is 291 g/mol. The summed E-state index contributed by atoms with van der Waals surface area (Å²) >= 11 is 0. The molecule has 4 rings (SSSR count). The Labute approximate surface area is 125 Å². The second kappa shape index (κ2) is 5.27. The van der Waals surface area contributed by atoms with Crippen molar-refractivity contribution in [2.75, 3.05) is 0 Å². The molecule has 2 atom stereocenters. The summed E-state index contributed by atoms with van der Waals surface area (Å²) in [5.41, 5.74) is -0.931. The molecule has 3 heterocycles. The smallest absolute Gasteiger partial charge is 0.364 e. The largest absolute Gasteiger partial charge is 0.462 e. The molecule has 0 amide bonds. The third-order valence-electron chi connectivity index (χ3n) is 4.51. The molecule has 0 aromatic heterocycles. The predicted molar refractivity (Wildman–Crippen MR) is 79.5 cm³/mol. The molecule has 3 aliphatic rings. The van der Waals surface area contributed by atoms with Crippen LogP contribution in [0.4, 0.5) is 0 Å². The van der Waals surface area contributed by atoms with E-state index in [1.807, 2.05) is 37.3 Å². The molecule has 0 aliphatic carbocycles. The Bertz CT molecular complexity index is 497. The third kappa shape index (κ3) is 2.07. The highest BCUT2D eigenvalue weighted by Crippen LogP contribution is 2.82. The molecule has 3 fully saturated rings. The SMILES string of the molecule is CCCCC1(CC)C(O)O[P+]2(c3ccccc3)OC1(O)O2. The van der Waals surface area contributed by atoms with Crippen molar-refractivity contribution >= 4 is 13.2 Å². The molecule has 0 radical (unpaired) electrons. The van der Waals surface area contributed by atoms with Crippen molar-refractivity contribution in [3.8, 4) is 0 Å². The van der Waals surface area contributed by atoms with Gasteiger partial charge >= 0.3 is 13.9 Å². The van der Waals surface area contributed by atoms with Gasteiger partial charge < -0.3 is 10.2 Å². The Kier molecular flexibility index (Phi) is 3.85. The fourth-order valence-electron chi connectivity index (χ4n) is 3.07. The summed E-state index contributed by atoms with van der Waals surface area (Å²) in [6.45, 7) is 3.96. The number of hydrogen-bond acceptors (Lipinski definition) is 5. The van der Waals surface area contributed by atoms with Gasteiger partial charge in [0.2, 0.25) is 6.29 Å². The van der Waals surface area contributed by atoms with E-state index in [-0.39, 0.29) is 0 Å². The zero-order valence-electron chi connectivity index (χ0n) is 12.4. The van der Waals surface area contributed by atoms with Crippen LogP contribution in [0.1, 0.15) is 39.5 Å². The highest BCUT2D eigenvalue weighted by molar-refractivity contribution is 7.70. The van der Waals surface area contributed by atoms with Gasteiger partial charge in [0.1, 0.15) is 5.41 Å². The van der Waals surface area contributed by atoms with Gasteiger partial charge in [0.25, 0.3) is 0 Å². The summed E-state index contributed by atoms with van der Waals surface area (Å²) in [6.07, 6.45) is 1.84. The third-order valence-corrected chi connectivity index (χ3v) is 6.89. The maximum absolute atomic E-state index is 10.7. The minimum atomic E-state index is -2.82. The maximum atomic E-state index is 10.7. The zero-order valence-corrected chi connectivity index (χ0v) is 13.3. The van der Waals surface area contributed by atoms with Crippen LogP contribution in [0.25, 0.3) is 0 Å². The molecule has 2 unspecified atom stereocenters. The summed E-state index contributed by atoms with van der Waals surface area (Å²) < 4.78 is 17.3. The zero-order chi connectivity index (χ0) is 15.1. The van der Waals surface area contributed by atoms with Gasteiger partial charge in [0, 0.05) is 0 Å². The average molecular weight is 313 g/mol. The summed E-state index contributed by atoms with van der Waals surface area (Å²) in [5.74, 6) is -1.75. The fraction of sp³-hybridized carbons (Fsp3) is 0.600. The Morgan fingerprint density at radius 2 is 1.86 bits per heavy atom. The molecule has 6 heteroatoms. The van der Waals surface area contributed by atoms with Crippen molar-refractivity contribution in [2.24, 2.45) is 5.41 Å². The topological polar surface area (TPSA) is 68.2 Å². The van der Waals surface area contributed by atoms with Crippen molar-refractivity contribution in [3.63, 3.8) is 0 Å². The van der Waals surface area contributed by atoms with Crippen LogP contribution in [0.3, 0.4) is 0 Å². The molecular formula is C15H22O5P+. The van der Waals surface area contributed by atoms with Crippen LogP contribution in [-0.2, 0) is 13.6 Å². The molecule has 2 bridgehead atoms. The van der Waals surface area contributed by atoms with E-state index in [2.05, 4.69) is 6.92 Å². The Balaban J connectivity index is 1.90. The minimum Gasteiger partial charge on any atom is -0.364 e. The predicted octanol–water partition coefficient (Wildman–Crippen LogP) is 2.70. The van der Waals surface area contributed by atoms with Crippen LogP contribution in [-0.4, -0.2) is 22.5 Å². The van der Waals surface area contributed by atoms with Crippen LogP contribution >= 0.6 is 7.94 Å². The van der Waals surface area contributed by atoms with Crippen molar-refractivity contribution in [1.82, 2.24) is 0 Å². The van der Waals surface area contributed by atoms with Gasteiger partial charge in [-0.2, -0.15) is 0 Å². The summed E-state index contributed by atoms with van der Waals surface area (Å²) in [4.78, 5) is 0. The first-order chi connectivity index (χ1) is 10.0. The van der Waals surface area contributed by atoms with Crippen LogP contribution in [0.5, 0.6) is 0 Å². The van der Waals surface area contributed by atoms with Gasteiger partial charge in [0.15, 0.2) is 5.30 Å². The standard InChI is InChI=1S/C15H22O5P/c1-3-5-11-14(4-2)13(16)18-21(19-15(14,17)20-21)12-9-7-6-8-10-12/h6-10,13,16-17H,3-5,11H2,1-2H3/q+1. The molecule has 116 valence electrons. The lowest BCUT2D eigenvalue weighted by atomic mass is 9.77. The highest BCUT2D eigenvalue weighted by atomic mass is 31.2. The first-order valence-corrected chi connectivity index (χ1v) is 9.01. The normalized spacial score (nSPS) is 41.6. The Hall–Kier alpha value is -0.550. The van der Waals surface area contributed by atoms with Crippen molar-refractivity contribution in [2.45, 2.75) is 51.8 Å². The number of fused-ring (bicyclic) bond motifs is 2. The Morgan fingerprint density at radius 1 is 1.19 bits per heavy atom. The first-order valence-electron chi connectivity index (χ1n) is 7.47. The number of aliphatic hydroxyl groups excluding tert-OH is 1. The molecule has 0 spiro atoms. The molecule has 1 aromatic rings. The second-order valence-corrected chi connectivity index (χ2v) is 7.76. The lowest BCUT2D eigenvalue weighted by Crippen LogP contribution is -2.69. The van der Waals surface area contributed by atoms with Crippen LogP contribution in [0.15, 0.2) is 30.3 Å². The van der Waals surface area contributed by atoms with E-state index in [0.717, 1.165) is 18.1 Å². The average Bonchev–Trinajstić information content (AvgIpc) is 2.46. The molecule has 0 saturated carbocycles. The van der Waals surface area contributed by atoms with Gasteiger partial charge in [-0.15, -0.1) is 13.6 Å². The van der Waals surface area contributed by atoms with Crippen molar-refractivity contribution in [1.29, 1.82) is 0 Å². The quantitative estimate of drug-likeness (QED) is 0.818. The molecule has 2 N–H and O–H groups in total. The van der Waals surface area contributed by atoms with E-state index in [1.165, 1.54) is 0 Å². The van der Waals surface area contributed by atoms with E-state index in [4.69, 9.17) is 13.6 Å². The van der Waals surface area contributed by atoms with Crippen molar-refractivity contribution in [3.05, 3.63) is 30.3 Å². The number of unbranched alkanes of at least 4 members (excludes halogenated alkanes) is 1. The van der Waals surface area contributed by atoms with E-state index < -0.39 is 25.6 Å². The van der Waals surface area contributed by atoms with Crippen LogP contribution in [0, 0.1) is 5.41 Å². The van der Waals surface area contributed by atoms with E-state index in [0.29, 0.717) is 12.8 Å². The first kappa shape index (κ1) is 15.3. The fourth-order valence-corrected chi connectivity index (χ4v) is 5.52. The number of benzene rings is 1. The summed E-state index contributed by atoms with van der Waals surface area (Å²) in [6, 6.07) is 9.23. The number of aliphatic hydroxyl groups is 2. The minimum absolute atomic E-state index is 0.513. The van der Waals surface area contributed by atoms with Gasteiger partial charge in [-0.1, -0.05) is 44.9 Å². The number of hydrogen-bond donors (Lipinski definition) is 2. The highest BCUT2D eigenvalue weighted by Gasteiger charge is 2.85. The van der Waals surface area contributed by atoms with Crippen LogP contribution < -0.4 is 5.30 Å². The molecule has 3 saturated heterocycles. The lowest BCUT2D eigenvalue weighted by Gasteiger charge is -2.56. The van der Waals surface area contributed by atoms with Crippen molar-refractivity contribution < 1.29 is 23.8 Å². The van der Waals surface area contributed by atoms with E-state index in [9.17, 15) is 10.2 Å². The number of rotatable bonds is 5. The van der Waals surface area contributed by atoms with Crippen LogP contribution in [0.2, 0.25) is 0 Å². The van der Waals surface area contributed by atoms with Gasteiger partial charge in [0.05, 0.1) is 0 Å². The molecule has 21 heavy (non-hydrogen) atoms. The monoisotopic (exact) mass is 313 g/mol. The van der Waals surface area contributed by atoms with Gasteiger partial charge in [-0.25, -0.2) is 0 Å². The molecule has 3 aliphatic heterocycles. The van der Waals surface area contributed by atoms with E-state index in [1.54, 1.807) is 0 Å². The molecule has 5 nitrogen and oxygen atoms in total. The summed E-state index contributed by atoms with van der Waals surface area (Å²) in [7, 11) is -2.82. The lowest BCUT2D eigenvalue weighted by molar-refractivity contribution is -0.459. The maximum Gasteiger partial charge on any atom is 0.462 e. The van der Waals surface area contributed by atoms with E-state index >= 15 is 0 Å².